The van der Waals surface area contributed by atoms with Gasteiger partial charge in [0.2, 0.25) is 0 Å². The van der Waals surface area contributed by atoms with Gasteiger partial charge in [0.1, 0.15) is 16.7 Å². The fourth-order valence-electron chi connectivity index (χ4n) is 10.1. The minimum Gasteiger partial charge on any atom is -0.336 e. The Bertz CT molecular complexity index is 4030. The van der Waals surface area contributed by atoms with Gasteiger partial charge in [-0.05, 0) is 147 Å². The number of benzene rings is 4. The summed E-state index contributed by atoms with van der Waals surface area (Å²) in [7, 11) is 13.6. The zero-order valence-electron chi connectivity index (χ0n) is 57.4. The molecule has 14 aromatic rings. The molecule has 0 aliphatic rings. The van der Waals surface area contributed by atoms with Crippen molar-refractivity contribution in [1.82, 2.24) is 88.6 Å². The van der Waals surface area contributed by atoms with Gasteiger partial charge in [0.25, 0.3) is 0 Å². The smallest absolute Gasteiger partial charge is 0.178 e. The van der Waals surface area contributed by atoms with E-state index in [1.165, 1.54) is 66.0 Å². The number of hydrogen-bond donors (Lipinski definition) is 0. The third-order valence-corrected chi connectivity index (χ3v) is 16.1. The van der Waals surface area contributed by atoms with Gasteiger partial charge < -0.3 is 4.57 Å². The van der Waals surface area contributed by atoms with Crippen LogP contribution in [0.25, 0.3) is 77.0 Å². The first-order chi connectivity index (χ1) is 43.2. The number of hydrogen-bond acceptors (Lipinski definition) is 11. The maximum atomic E-state index is 4.42. The fourth-order valence-corrected chi connectivity index (χ4v) is 10.1. The number of aromatic nitrogens is 18. The first kappa shape index (κ1) is 67.5. The highest BCUT2D eigenvalue weighted by Crippen LogP contribution is 2.25. The maximum absolute atomic E-state index is 4.42. The summed E-state index contributed by atoms with van der Waals surface area (Å²) in [6, 6.07) is 34.3. The van der Waals surface area contributed by atoms with Crippen LogP contribution >= 0.6 is 0 Å². The molecule has 0 radical (unpaired) electrons. The van der Waals surface area contributed by atoms with Crippen molar-refractivity contribution in [2.75, 3.05) is 0 Å². The van der Waals surface area contributed by atoms with Crippen LogP contribution in [0.5, 0.6) is 0 Å². The summed E-state index contributed by atoms with van der Waals surface area (Å²) >= 11 is 0. The van der Waals surface area contributed by atoms with Crippen molar-refractivity contribution >= 4 is 77.0 Å². The molecule has 10 aromatic heterocycles. The fraction of sp³-hybridized carbons (Fsp3) is 0.384. The molecule has 10 heterocycles. The lowest BCUT2D eigenvalue weighted by Gasteiger charge is -2.04. The molecule has 91 heavy (non-hydrogen) atoms. The van der Waals surface area contributed by atoms with Crippen LogP contribution in [-0.2, 0) is 49.3 Å². The molecule has 0 spiro atoms. The lowest BCUT2D eigenvalue weighted by atomic mass is 10.0. The second-order valence-corrected chi connectivity index (χ2v) is 25.8. The minimum atomic E-state index is 0.485. The summed E-state index contributed by atoms with van der Waals surface area (Å²) < 4.78 is 12.9. The molecule has 0 aliphatic carbocycles. The lowest BCUT2D eigenvalue weighted by molar-refractivity contribution is 0.729. The Balaban J connectivity index is 0.000000137. The van der Waals surface area contributed by atoms with Gasteiger partial charge in [-0.25, -0.2) is 24.3 Å². The Labute approximate surface area is 536 Å². The maximum Gasteiger partial charge on any atom is 0.178 e. The van der Waals surface area contributed by atoms with E-state index in [1.54, 1.807) is 14.0 Å². The molecular formula is C73H94N18. The molecule has 0 atom stereocenters. The molecule has 4 aromatic carbocycles. The van der Waals surface area contributed by atoms with E-state index in [9.17, 15) is 0 Å². The zero-order chi connectivity index (χ0) is 66.0. The summed E-state index contributed by atoms with van der Waals surface area (Å²) in [5.41, 5.74) is 18.3. The van der Waals surface area contributed by atoms with Crippen LogP contribution in [0.15, 0.2) is 147 Å². The van der Waals surface area contributed by atoms with Gasteiger partial charge in [0.15, 0.2) is 11.3 Å². The van der Waals surface area contributed by atoms with E-state index >= 15 is 0 Å². The second kappa shape index (κ2) is 29.9. The van der Waals surface area contributed by atoms with Crippen molar-refractivity contribution in [2.24, 2.45) is 49.3 Å². The van der Waals surface area contributed by atoms with Crippen molar-refractivity contribution in [2.45, 2.75) is 138 Å². The summed E-state index contributed by atoms with van der Waals surface area (Å²) in [6.45, 7) is 30.6. The van der Waals surface area contributed by atoms with E-state index in [0.717, 1.165) is 49.9 Å². The number of nitrogens with zero attached hydrogens (tertiary/aromatic N) is 18. The molecule has 0 unspecified atom stereocenters. The minimum absolute atomic E-state index is 0.485. The summed E-state index contributed by atoms with van der Waals surface area (Å²) in [5, 5.41) is 39.0. The van der Waals surface area contributed by atoms with Crippen molar-refractivity contribution in [3.63, 3.8) is 0 Å². The molecule has 476 valence electrons. The number of fused-ring (bicyclic) bond motifs is 7. The van der Waals surface area contributed by atoms with Crippen molar-refractivity contribution in [3.8, 4) is 0 Å². The second-order valence-electron chi connectivity index (χ2n) is 25.8. The highest BCUT2D eigenvalue weighted by Gasteiger charge is 2.10. The highest BCUT2D eigenvalue weighted by atomic mass is 15.4. The van der Waals surface area contributed by atoms with Crippen LogP contribution < -0.4 is 0 Å². The summed E-state index contributed by atoms with van der Waals surface area (Å²) in [5.74, 6) is 3.86. The Morgan fingerprint density at radius 3 is 1.34 bits per heavy atom. The molecule has 18 heteroatoms. The number of pyridine rings is 3. The molecular weight excluding hydrogens is 1130 g/mol. The molecule has 0 saturated heterocycles. The first-order valence-electron chi connectivity index (χ1n) is 31.7. The van der Waals surface area contributed by atoms with Gasteiger partial charge in [0.05, 0.1) is 34.5 Å². The van der Waals surface area contributed by atoms with Gasteiger partial charge in [-0.2, -0.15) is 20.4 Å². The molecule has 14 rings (SSSR count). The van der Waals surface area contributed by atoms with Gasteiger partial charge in [-0.15, -0.1) is 10.2 Å². The SMILES string of the molecule is CC(C)c1ccc2c(c1)nnn2C.CC(C)c1ccc2c(cnn2C)c1.CC(C)c1ccc2cn(C)nc2c1.CC(C)c1ccc2nn(C)cc2c1.CC(C)c1cnc2c(c1)nnn2C.CC(C)c1cnc2c(ccn2C)c1.CC(C)c1cnc2c(cnn2C)c1. The van der Waals surface area contributed by atoms with Gasteiger partial charge >= 0.3 is 0 Å². The van der Waals surface area contributed by atoms with E-state index in [-0.39, 0.29) is 0 Å². The van der Waals surface area contributed by atoms with E-state index < -0.39 is 0 Å². The predicted octanol–water partition coefficient (Wildman–Crippen LogP) is 16.5. The van der Waals surface area contributed by atoms with Crippen LogP contribution in [0.1, 0.15) is 177 Å². The van der Waals surface area contributed by atoms with Gasteiger partial charge in [-0.3, -0.25) is 18.7 Å². The Morgan fingerprint density at radius 2 is 0.725 bits per heavy atom. The molecule has 18 nitrogen and oxygen atoms in total. The van der Waals surface area contributed by atoms with Crippen LogP contribution in [-0.4, -0.2) is 88.6 Å². The highest BCUT2D eigenvalue weighted by molar-refractivity contribution is 5.81. The zero-order valence-corrected chi connectivity index (χ0v) is 57.4. The Kier molecular flexibility index (Phi) is 22.2. The van der Waals surface area contributed by atoms with E-state index in [4.69, 9.17) is 0 Å². The standard InChI is InChI=1S/4C11H14N2.2C10H13N3.C9H12N4/c1-8(2)10-6-9-4-5-13(3)11(9)12-7-10;1-8(2)9-4-5-11-10(6-9)7-13(3)12-11;1-8(2)9-4-5-11-10(6-9)7-12-13(11)3;1-8(2)9-4-5-10-7-13(3)12-11(10)6-9;1-7(2)8-4-9-6-12-13(3)10(9)11-5-8;1-7(2)8-4-5-10-9(6-8)11-12-13(10)3;1-6(2)7-4-8-9(10-5-7)13(3)12-11-8/h4*4-8H,1-3H3;2*4-7H,1-3H3;4-6H,1-3H3. The topological polar surface area (TPSA) is 176 Å². The molecule has 0 fully saturated rings. The van der Waals surface area contributed by atoms with Crippen molar-refractivity contribution in [1.29, 1.82) is 0 Å². The van der Waals surface area contributed by atoms with Crippen molar-refractivity contribution < 1.29 is 0 Å². The first-order valence-corrected chi connectivity index (χ1v) is 31.7. The van der Waals surface area contributed by atoms with E-state index in [0.29, 0.717) is 41.4 Å². The molecule has 0 aliphatic heterocycles. The lowest BCUT2D eigenvalue weighted by Crippen LogP contribution is -1.93. The van der Waals surface area contributed by atoms with Crippen LogP contribution in [0.2, 0.25) is 0 Å². The van der Waals surface area contributed by atoms with Gasteiger partial charge in [-0.1, -0.05) is 138 Å². The van der Waals surface area contributed by atoms with Crippen LogP contribution in [0.4, 0.5) is 0 Å². The Hall–Kier alpha value is -9.45. The molecule has 0 N–H and O–H groups in total. The van der Waals surface area contributed by atoms with Gasteiger partial charge in [0, 0.05) is 113 Å². The summed E-state index contributed by atoms with van der Waals surface area (Å²) in [6.07, 6.45) is 15.7. The largest absolute Gasteiger partial charge is 0.336 e. The average molecular weight is 1220 g/mol. The van der Waals surface area contributed by atoms with Crippen LogP contribution in [0.3, 0.4) is 0 Å². The molecule has 0 amide bonds. The van der Waals surface area contributed by atoms with Crippen LogP contribution in [0, 0.1) is 0 Å². The Morgan fingerprint density at radius 1 is 0.297 bits per heavy atom. The normalized spacial score (nSPS) is 11.4. The quantitative estimate of drug-likeness (QED) is 0.148. The third kappa shape index (κ3) is 17.1. The van der Waals surface area contributed by atoms with E-state index in [1.807, 2.05) is 117 Å². The average Bonchev–Trinajstić information content (AvgIpc) is 2.20. The van der Waals surface area contributed by atoms with Crippen molar-refractivity contribution in [3.05, 3.63) is 186 Å². The molecule has 0 bridgehead atoms. The predicted molar refractivity (Wildman–Crippen MR) is 375 cm³/mol. The molecule has 0 saturated carbocycles. The summed E-state index contributed by atoms with van der Waals surface area (Å²) in [4.78, 5) is 13.1. The van der Waals surface area contributed by atoms with E-state index in [2.05, 4.69) is 250 Å². The number of aryl methyl sites for hydroxylation is 7. The third-order valence-electron chi connectivity index (χ3n) is 16.1. The monoisotopic (exact) mass is 1220 g/mol. The number of rotatable bonds is 7.